The van der Waals surface area contributed by atoms with Gasteiger partial charge in [0.2, 0.25) is 0 Å². The van der Waals surface area contributed by atoms with Crippen LogP contribution in [0.2, 0.25) is 0 Å². The predicted octanol–water partition coefficient (Wildman–Crippen LogP) is 0.405. The number of nitrogens with two attached hydrogens (primary N) is 1. The molecule has 0 radical (unpaired) electrons. The van der Waals surface area contributed by atoms with Crippen LogP contribution >= 0.6 is 0 Å². The van der Waals surface area contributed by atoms with Crippen LogP contribution in [0.1, 0.15) is 5.56 Å². The van der Waals surface area contributed by atoms with E-state index in [-0.39, 0.29) is 17.1 Å². The number of rotatable bonds is 0. The maximum absolute atomic E-state index is 11.2. The van der Waals surface area contributed by atoms with Crippen LogP contribution < -0.4 is 10.5 Å². The molecular weight excluding hydrogens is 204 g/mol. The minimum Gasteiger partial charge on any atom is -0.506 e. The van der Waals surface area contributed by atoms with Crippen molar-refractivity contribution in [3.8, 4) is 5.75 Å². The first-order valence-corrected chi connectivity index (χ1v) is 5.36. The fraction of sp³-hybridized carbons (Fsp3) is 0. The Balaban J connectivity index is 2.74. The fourth-order valence-corrected chi connectivity index (χ4v) is 2.31. The molecule has 6 heteroatoms. The van der Waals surface area contributed by atoms with Crippen molar-refractivity contribution in [2.24, 2.45) is 5.73 Å². The zero-order chi connectivity index (χ0) is 10.3. The van der Waals surface area contributed by atoms with Gasteiger partial charge in [0.25, 0.3) is 10.0 Å². The number of anilines is 1. The van der Waals surface area contributed by atoms with E-state index in [2.05, 4.69) is 4.72 Å². The van der Waals surface area contributed by atoms with Gasteiger partial charge in [0.15, 0.2) is 0 Å². The number of hydrogen-bond acceptors (Lipinski definition) is 4. The Kier molecular flexibility index (Phi) is 1.68. The Morgan fingerprint density at radius 1 is 1.36 bits per heavy atom. The third-order valence-electron chi connectivity index (χ3n) is 1.88. The van der Waals surface area contributed by atoms with E-state index in [1.807, 2.05) is 0 Å². The molecule has 0 unspecified atom stereocenters. The minimum absolute atomic E-state index is 0.120. The van der Waals surface area contributed by atoms with Gasteiger partial charge < -0.3 is 10.8 Å². The van der Waals surface area contributed by atoms with Gasteiger partial charge in [-0.2, -0.15) is 0 Å². The van der Waals surface area contributed by atoms with E-state index in [1.54, 1.807) is 12.1 Å². The molecule has 0 bridgehead atoms. The Labute approximate surface area is 80.9 Å². The molecule has 1 aromatic rings. The van der Waals surface area contributed by atoms with E-state index in [0.29, 0.717) is 5.56 Å². The highest BCUT2D eigenvalue weighted by Crippen LogP contribution is 2.34. The van der Waals surface area contributed by atoms with E-state index in [4.69, 9.17) is 5.73 Å². The highest BCUT2D eigenvalue weighted by molar-refractivity contribution is 7.95. The summed E-state index contributed by atoms with van der Waals surface area (Å²) < 4.78 is 24.6. The van der Waals surface area contributed by atoms with Gasteiger partial charge >= 0.3 is 0 Å². The summed E-state index contributed by atoms with van der Waals surface area (Å²) in [5, 5.41) is 10.3. The number of fused-ring (bicyclic) bond motifs is 1. The predicted molar refractivity (Wildman–Crippen MR) is 52.8 cm³/mol. The molecule has 5 nitrogen and oxygen atoms in total. The molecule has 0 aromatic heterocycles. The molecule has 0 fully saturated rings. The van der Waals surface area contributed by atoms with Crippen molar-refractivity contribution in [3.63, 3.8) is 0 Å². The van der Waals surface area contributed by atoms with Crippen LogP contribution in [0.25, 0.3) is 5.70 Å². The summed E-state index contributed by atoms with van der Waals surface area (Å²) in [5.41, 5.74) is 6.26. The maximum Gasteiger partial charge on any atom is 0.257 e. The number of para-hydroxylation sites is 1. The Morgan fingerprint density at radius 2 is 2.07 bits per heavy atom. The average Bonchev–Trinajstić information content (AvgIpc) is 2.05. The van der Waals surface area contributed by atoms with Gasteiger partial charge in [-0.1, -0.05) is 12.1 Å². The second-order valence-corrected chi connectivity index (χ2v) is 4.45. The first-order chi connectivity index (χ1) is 6.49. The molecule has 0 aliphatic carbocycles. The van der Waals surface area contributed by atoms with Crippen LogP contribution in [0.4, 0.5) is 5.69 Å². The van der Waals surface area contributed by atoms with Gasteiger partial charge in [0, 0.05) is 5.56 Å². The normalized spacial score (nSPS) is 17.9. The topological polar surface area (TPSA) is 92.4 Å². The van der Waals surface area contributed by atoms with Gasteiger partial charge in [0.05, 0.1) is 16.8 Å². The molecule has 0 atom stereocenters. The highest BCUT2D eigenvalue weighted by Gasteiger charge is 2.21. The summed E-state index contributed by atoms with van der Waals surface area (Å²) in [7, 11) is -3.56. The summed E-state index contributed by atoms with van der Waals surface area (Å²) in [6, 6.07) is 4.61. The lowest BCUT2D eigenvalue weighted by Gasteiger charge is -2.17. The highest BCUT2D eigenvalue weighted by atomic mass is 32.2. The van der Waals surface area contributed by atoms with Crippen LogP contribution in [0.5, 0.6) is 5.75 Å². The first kappa shape index (κ1) is 8.89. The van der Waals surface area contributed by atoms with Gasteiger partial charge in [-0.05, 0) is 6.07 Å². The van der Waals surface area contributed by atoms with E-state index in [9.17, 15) is 13.5 Å². The average molecular weight is 212 g/mol. The second kappa shape index (κ2) is 2.65. The lowest BCUT2D eigenvalue weighted by atomic mass is 10.1. The van der Waals surface area contributed by atoms with E-state index in [1.165, 1.54) is 6.07 Å². The van der Waals surface area contributed by atoms with Crippen LogP contribution in [0.3, 0.4) is 0 Å². The van der Waals surface area contributed by atoms with Crippen LogP contribution in [0.15, 0.2) is 23.6 Å². The van der Waals surface area contributed by atoms with Gasteiger partial charge in [-0.3, -0.25) is 4.72 Å². The molecule has 1 aliphatic rings. The van der Waals surface area contributed by atoms with Gasteiger partial charge in [-0.25, -0.2) is 8.42 Å². The quantitative estimate of drug-likeness (QED) is 0.543. The van der Waals surface area contributed by atoms with E-state index < -0.39 is 10.0 Å². The third kappa shape index (κ3) is 1.29. The first-order valence-electron chi connectivity index (χ1n) is 3.82. The third-order valence-corrected chi connectivity index (χ3v) is 2.93. The minimum atomic E-state index is -3.56. The van der Waals surface area contributed by atoms with Crippen molar-refractivity contribution >= 4 is 21.4 Å². The molecule has 0 saturated heterocycles. The number of sulfonamides is 1. The molecule has 14 heavy (non-hydrogen) atoms. The zero-order valence-corrected chi connectivity index (χ0v) is 7.88. The van der Waals surface area contributed by atoms with Crippen molar-refractivity contribution < 1.29 is 13.5 Å². The monoisotopic (exact) mass is 212 g/mol. The molecular formula is C8H8N2O3S. The summed E-state index contributed by atoms with van der Waals surface area (Å²) in [6.45, 7) is 0. The van der Waals surface area contributed by atoms with Crippen molar-refractivity contribution in [2.45, 2.75) is 0 Å². The molecule has 0 spiro atoms. The molecule has 1 heterocycles. The molecule has 4 N–H and O–H groups in total. The number of benzene rings is 1. The van der Waals surface area contributed by atoms with E-state index >= 15 is 0 Å². The molecule has 74 valence electrons. The summed E-state index contributed by atoms with van der Waals surface area (Å²) in [5.74, 6) is -0.137. The molecule has 1 aromatic carbocycles. The molecule has 1 aliphatic heterocycles. The van der Waals surface area contributed by atoms with Crippen molar-refractivity contribution in [1.82, 2.24) is 0 Å². The maximum atomic E-state index is 11.2. The van der Waals surface area contributed by atoms with Crippen LogP contribution in [0, 0.1) is 0 Å². The lowest BCUT2D eigenvalue weighted by Crippen LogP contribution is -2.18. The Morgan fingerprint density at radius 3 is 2.79 bits per heavy atom. The van der Waals surface area contributed by atoms with Crippen LogP contribution in [-0.4, -0.2) is 13.5 Å². The lowest BCUT2D eigenvalue weighted by molar-refractivity contribution is 0.477. The summed E-state index contributed by atoms with van der Waals surface area (Å²) in [6.07, 6.45) is 0. The fourth-order valence-electron chi connectivity index (χ4n) is 1.29. The second-order valence-electron chi connectivity index (χ2n) is 2.92. The van der Waals surface area contributed by atoms with Gasteiger partial charge in [-0.15, -0.1) is 0 Å². The summed E-state index contributed by atoms with van der Waals surface area (Å²) in [4.78, 5) is 0. The number of phenols is 1. The largest absolute Gasteiger partial charge is 0.506 e. The molecule has 0 amide bonds. The number of hydrogen-bond donors (Lipinski definition) is 3. The number of aromatic hydroxyl groups is 1. The zero-order valence-electron chi connectivity index (χ0n) is 7.06. The Bertz CT molecular complexity index is 519. The molecule has 0 saturated carbocycles. The van der Waals surface area contributed by atoms with Crippen molar-refractivity contribution in [1.29, 1.82) is 0 Å². The number of nitrogens with one attached hydrogen (secondary N) is 1. The summed E-state index contributed by atoms with van der Waals surface area (Å²) >= 11 is 0. The van der Waals surface area contributed by atoms with Gasteiger partial charge in [0.1, 0.15) is 5.75 Å². The standard InChI is InChI=1S/C8H8N2O3S/c9-6-4-14(12,13)10-8-5(6)2-1-3-7(8)11/h1-4,10-11H,9H2. The van der Waals surface area contributed by atoms with Crippen molar-refractivity contribution in [2.75, 3.05) is 4.72 Å². The SMILES string of the molecule is NC1=CS(=O)(=O)Nc2c(O)cccc21. The van der Waals surface area contributed by atoms with Crippen LogP contribution in [-0.2, 0) is 10.0 Å². The smallest absolute Gasteiger partial charge is 0.257 e. The van der Waals surface area contributed by atoms with E-state index in [0.717, 1.165) is 5.41 Å². The Hall–Kier alpha value is -1.69. The number of phenolic OH excluding ortho intramolecular Hbond substituents is 1. The molecule has 2 rings (SSSR count). The van der Waals surface area contributed by atoms with Crippen molar-refractivity contribution in [3.05, 3.63) is 29.2 Å².